The number of amides is 3. The number of rotatable bonds is 5. The second-order valence-electron chi connectivity index (χ2n) is 2.97. The summed E-state index contributed by atoms with van der Waals surface area (Å²) in [6.07, 6.45) is 2.86. The molecule has 3 amide bonds. The quantitative estimate of drug-likeness (QED) is 0.438. The van der Waals surface area contributed by atoms with Gasteiger partial charge in [-0.1, -0.05) is 0 Å². The minimum atomic E-state index is -1.15. The average Bonchev–Trinajstić information content (AvgIpc) is 2.76. The van der Waals surface area contributed by atoms with Crippen LogP contribution in [-0.4, -0.2) is 46.3 Å². The average molecular weight is 241 g/mol. The highest BCUT2D eigenvalue weighted by molar-refractivity contribution is 5.92. The molecule has 0 saturated heterocycles. The molecule has 9 heteroatoms. The van der Waals surface area contributed by atoms with E-state index in [9.17, 15) is 14.4 Å². The lowest BCUT2D eigenvalue weighted by molar-refractivity contribution is -0.137. The van der Waals surface area contributed by atoms with Gasteiger partial charge in [0, 0.05) is 6.20 Å². The van der Waals surface area contributed by atoms with Crippen LogP contribution in [-0.2, 0) is 9.59 Å². The third-order valence-corrected chi connectivity index (χ3v) is 1.60. The molecule has 5 N–H and O–H groups in total. The number of hydrogen-bond acceptors (Lipinski definition) is 4. The van der Waals surface area contributed by atoms with Crippen LogP contribution in [0.2, 0.25) is 0 Å². The summed E-state index contributed by atoms with van der Waals surface area (Å²) in [5.41, 5.74) is 0.452. The van der Waals surface area contributed by atoms with Gasteiger partial charge in [0.15, 0.2) is 0 Å². The van der Waals surface area contributed by atoms with Crippen molar-refractivity contribution in [2.45, 2.75) is 0 Å². The van der Waals surface area contributed by atoms with Gasteiger partial charge in [0.25, 0.3) is 0 Å². The van der Waals surface area contributed by atoms with Crippen molar-refractivity contribution < 1.29 is 19.5 Å². The molecule has 0 unspecified atom stereocenters. The molecule has 0 aliphatic heterocycles. The zero-order chi connectivity index (χ0) is 12.7. The van der Waals surface area contributed by atoms with E-state index in [0.29, 0.717) is 5.69 Å². The number of H-pyrrole nitrogens is 1. The Balaban J connectivity index is 2.19. The number of aromatic nitrogens is 2. The molecule has 9 nitrogen and oxygen atoms in total. The number of carboxylic acids is 1. The van der Waals surface area contributed by atoms with Crippen molar-refractivity contribution in [3.8, 4) is 0 Å². The monoisotopic (exact) mass is 241 g/mol. The Labute approximate surface area is 95.6 Å². The van der Waals surface area contributed by atoms with E-state index in [1.54, 1.807) is 0 Å². The van der Waals surface area contributed by atoms with Crippen LogP contribution in [0.5, 0.6) is 0 Å². The number of aromatic amines is 1. The number of hydrogen-bond donors (Lipinski definition) is 5. The minimum Gasteiger partial charge on any atom is -0.480 e. The number of nitrogens with one attached hydrogen (secondary N) is 4. The molecule has 0 aliphatic rings. The van der Waals surface area contributed by atoms with Gasteiger partial charge in [0.2, 0.25) is 5.91 Å². The first kappa shape index (κ1) is 12.5. The molecule has 17 heavy (non-hydrogen) atoms. The van der Waals surface area contributed by atoms with Crippen LogP contribution in [0, 0.1) is 0 Å². The number of nitrogens with zero attached hydrogens (tertiary/aromatic N) is 1. The fourth-order valence-corrected chi connectivity index (χ4v) is 0.892. The predicted molar refractivity (Wildman–Crippen MR) is 56.3 cm³/mol. The Bertz CT molecular complexity index is 402. The van der Waals surface area contributed by atoms with Crippen LogP contribution in [0.15, 0.2) is 12.4 Å². The van der Waals surface area contributed by atoms with Crippen LogP contribution in [0.3, 0.4) is 0 Å². The Morgan fingerprint density at radius 2 is 2.06 bits per heavy atom. The summed E-state index contributed by atoms with van der Waals surface area (Å²) in [6, 6.07) is -0.586. The number of urea groups is 1. The fourth-order valence-electron chi connectivity index (χ4n) is 0.892. The molecule has 1 aromatic heterocycles. The minimum absolute atomic E-state index is 0.309. The highest BCUT2D eigenvalue weighted by atomic mass is 16.4. The molecule has 0 fully saturated rings. The van der Waals surface area contributed by atoms with E-state index >= 15 is 0 Å². The SMILES string of the molecule is O=C(O)CNC(=O)CNC(=O)Nc1cn[nH]c1. The maximum atomic E-state index is 11.2. The molecule has 1 aromatic rings. The molecule has 1 heterocycles. The summed E-state index contributed by atoms with van der Waals surface area (Å²) in [7, 11) is 0. The molecule has 1 rings (SSSR count). The van der Waals surface area contributed by atoms with E-state index in [4.69, 9.17) is 5.11 Å². The molecule has 0 radical (unpaired) electrons. The first-order valence-corrected chi connectivity index (χ1v) is 4.60. The molecule has 0 atom stereocenters. The molecule has 0 aromatic carbocycles. The highest BCUT2D eigenvalue weighted by Gasteiger charge is 2.06. The Morgan fingerprint density at radius 1 is 1.29 bits per heavy atom. The van der Waals surface area contributed by atoms with Gasteiger partial charge in [-0.25, -0.2) is 4.79 Å². The van der Waals surface area contributed by atoms with Crippen molar-refractivity contribution in [2.75, 3.05) is 18.4 Å². The zero-order valence-corrected chi connectivity index (χ0v) is 8.69. The summed E-state index contributed by atoms with van der Waals surface area (Å²) in [5, 5.41) is 21.1. The lowest BCUT2D eigenvalue weighted by Gasteiger charge is -2.05. The van der Waals surface area contributed by atoms with E-state index in [1.807, 2.05) is 0 Å². The van der Waals surface area contributed by atoms with E-state index in [0.717, 1.165) is 0 Å². The van der Waals surface area contributed by atoms with Crippen molar-refractivity contribution in [1.29, 1.82) is 0 Å². The summed E-state index contributed by atoms with van der Waals surface area (Å²) < 4.78 is 0. The van der Waals surface area contributed by atoms with E-state index in [-0.39, 0.29) is 6.54 Å². The van der Waals surface area contributed by atoms with Crippen LogP contribution >= 0.6 is 0 Å². The van der Waals surface area contributed by atoms with Crippen molar-refractivity contribution in [2.24, 2.45) is 0 Å². The van der Waals surface area contributed by atoms with Crippen LogP contribution in [0.4, 0.5) is 10.5 Å². The first-order chi connectivity index (χ1) is 8.08. The number of aliphatic carboxylic acids is 1. The van der Waals surface area contributed by atoms with Gasteiger partial charge in [-0.05, 0) is 0 Å². The Morgan fingerprint density at radius 3 is 2.65 bits per heavy atom. The third kappa shape index (κ3) is 5.16. The van der Waals surface area contributed by atoms with Gasteiger partial charge < -0.3 is 21.1 Å². The number of anilines is 1. The summed E-state index contributed by atoms with van der Waals surface area (Å²) in [4.78, 5) is 32.3. The lowest BCUT2D eigenvalue weighted by atomic mass is 10.5. The smallest absolute Gasteiger partial charge is 0.322 e. The fraction of sp³-hybridized carbons (Fsp3) is 0.250. The van der Waals surface area contributed by atoms with Gasteiger partial charge in [-0.3, -0.25) is 14.7 Å². The lowest BCUT2D eigenvalue weighted by Crippen LogP contribution is -2.40. The standard InChI is InChI=1S/C8H11N5O4/c14-6(9-4-7(15)16)3-10-8(17)13-5-1-11-12-2-5/h1-2H,3-4H2,(H,9,14)(H,11,12)(H,15,16)(H2,10,13,17). The molecule has 92 valence electrons. The van der Waals surface area contributed by atoms with E-state index in [2.05, 4.69) is 26.1 Å². The van der Waals surface area contributed by atoms with Gasteiger partial charge in [-0.2, -0.15) is 5.10 Å². The van der Waals surface area contributed by atoms with Gasteiger partial charge >= 0.3 is 12.0 Å². The van der Waals surface area contributed by atoms with Crippen molar-refractivity contribution in [1.82, 2.24) is 20.8 Å². The number of carbonyl (C=O) groups excluding carboxylic acids is 2. The van der Waals surface area contributed by atoms with Gasteiger partial charge in [0.05, 0.1) is 18.4 Å². The Kier molecular flexibility index (Phi) is 4.48. The maximum Gasteiger partial charge on any atom is 0.322 e. The summed E-state index contributed by atoms with van der Waals surface area (Å²) >= 11 is 0. The third-order valence-electron chi connectivity index (χ3n) is 1.60. The summed E-state index contributed by atoms with van der Waals surface area (Å²) in [5.74, 6) is -1.74. The zero-order valence-electron chi connectivity index (χ0n) is 8.69. The maximum absolute atomic E-state index is 11.2. The van der Waals surface area contributed by atoms with Crippen LogP contribution < -0.4 is 16.0 Å². The van der Waals surface area contributed by atoms with Crippen molar-refractivity contribution in [3.05, 3.63) is 12.4 Å². The van der Waals surface area contributed by atoms with E-state index in [1.165, 1.54) is 12.4 Å². The number of carboxylic acid groups (broad SMARTS) is 1. The first-order valence-electron chi connectivity index (χ1n) is 4.60. The van der Waals surface area contributed by atoms with Crippen molar-refractivity contribution >= 4 is 23.6 Å². The molecule has 0 bridgehead atoms. The highest BCUT2D eigenvalue weighted by Crippen LogP contribution is 1.99. The van der Waals surface area contributed by atoms with Gasteiger partial charge in [-0.15, -0.1) is 0 Å². The van der Waals surface area contributed by atoms with Crippen LogP contribution in [0.25, 0.3) is 0 Å². The second kappa shape index (κ2) is 6.10. The largest absolute Gasteiger partial charge is 0.480 e. The molecular formula is C8H11N5O4. The molecular weight excluding hydrogens is 230 g/mol. The predicted octanol–water partition coefficient (Wildman–Crippen LogP) is -1.27. The molecule has 0 aliphatic carbocycles. The van der Waals surface area contributed by atoms with E-state index < -0.39 is 24.5 Å². The number of carbonyl (C=O) groups is 3. The Hall–Kier alpha value is -2.58. The van der Waals surface area contributed by atoms with Gasteiger partial charge in [0.1, 0.15) is 6.54 Å². The normalized spacial score (nSPS) is 9.41. The topological polar surface area (TPSA) is 136 Å². The molecule has 0 saturated carbocycles. The summed E-state index contributed by atoms with van der Waals surface area (Å²) in [6.45, 7) is -0.791. The molecule has 0 spiro atoms. The van der Waals surface area contributed by atoms with Crippen molar-refractivity contribution in [3.63, 3.8) is 0 Å². The second-order valence-corrected chi connectivity index (χ2v) is 2.97. The van der Waals surface area contributed by atoms with Crippen LogP contribution in [0.1, 0.15) is 0 Å².